The first-order chi connectivity index (χ1) is 7.67. The monoisotopic (exact) mass is 240 g/mol. The van der Waals surface area contributed by atoms with Crippen LogP contribution in [0, 0.1) is 0 Å². The third-order valence-electron chi connectivity index (χ3n) is 2.14. The Bertz CT molecular complexity index is 340. The van der Waals surface area contributed by atoms with E-state index in [2.05, 4.69) is 5.43 Å². The third-order valence-corrected chi connectivity index (χ3v) is 3.36. The van der Waals surface area contributed by atoms with Gasteiger partial charge in [0.15, 0.2) is 0 Å². The van der Waals surface area contributed by atoms with Gasteiger partial charge in [0.05, 0.1) is 6.61 Å². The highest BCUT2D eigenvalue weighted by atomic mass is 32.2. The van der Waals surface area contributed by atoms with E-state index in [1.165, 1.54) is 0 Å². The van der Waals surface area contributed by atoms with Crippen molar-refractivity contribution in [3.63, 3.8) is 0 Å². The summed E-state index contributed by atoms with van der Waals surface area (Å²) in [5, 5.41) is 9.10. The van der Waals surface area contributed by atoms with E-state index in [1.54, 1.807) is 23.9 Å². The molecule has 0 aliphatic carbocycles. The largest absolute Gasteiger partial charge is 0.395 e. The molecule has 4 N–H and O–H groups in total. The quantitative estimate of drug-likeness (QED) is 0.406. The van der Waals surface area contributed by atoms with Gasteiger partial charge in [0.1, 0.15) is 0 Å². The summed E-state index contributed by atoms with van der Waals surface area (Å²) in [7, 11) is 0. The second-order valence-corrected chi connectivity index (χ2v) is 4.90. The molecule has 0 heterocycles. The van der Waals surface area contributed by atoms with E-state index in [1.807, 2.05) is 19.1 Å². The fourth-order valence-electron chi connectivity index (χ4n) is 1.13. The van der Waals surface area contributed by atoms with Crippen LogP contribution in [0.4, 0.5) is 0 Å². The Kier molecular flexibility index (Phi) is 5.31. The van der Waals surface area contributed by atoms with Gasteiger partial charge in [-0.05, 0) is 17.7 Å². The number of aliphatic hydroxyl groups is 1. The highest BCUT2D eigenvalue weighted by Gasteiger charge is 2.04. The number of thioether (sulfide) groups is 1. The van der Waals surface area contributed by atoms with Crippen molar-refractivity contribution in [3.8, 4) is 0 Å². The lowest BCUT2D eigenvalue weighted by Gasteiger charge is -2.07. The average molecular weight is 240 g/mol. The molecule has 0 radical (unpaired) electrons. The lowest BCUT2D eigenvalue weighted by atomic mass is 10.1. The van der Waals surface area contributed by atoms with Crippen molar-refractivity contribution in [2.75, 3.05) is 6.61 Å². The number of rotatable bonds is 5. The average Bonchev–Trinajstić information content (AvgIpc) is 2.35. The minimum absolute atomic E-state index is 0.179. The first-order valence-electron chi connectivity index (χ1n) is 4.99. The van der Waals surface area contributed by atoms with E-state index < -0.39 is 0 Å². The summed E-state index contributed by atoms with van der Waals surface area (Å²) in [6.07, 6.45) is 0. The van der Waals surface area contributed by atoms with Crippen LogP contribution in [0.5, 0.6) is 0 Å². The molecule has 0 aliphatic heterocycles. The van der Waals surface area contributed by atoms with Crippen LogP contribution in [0.15, 0.2) is 24.3 Å². The lowest BCUT2D eigenvalue weighted by molar-refractivity contribution is 0.0953. The fourth-order valence-corrected chi connectivity index (χ4v) is 1.90. The molecule has 0 spiro atoms. The predicted molar refractivity (Wildman–Crippen MR) is 65.9 cm³/mol. The molecule has 5 heteroatoms. The second kappa shape index (κ2) is 6.52. The smallest absolute Gasteiger partial charge is 0.265 e. The maximum Gasteiger partial charge on any atom is 0.265 e. The molecule has 1 unspecified atom stereocenters. The minimum Gasteiger partial charge on any atom is -0.395 e. The third kappa shape index (κ3) is 3.84. The Morgan fingerprint density at radius 1 is 1.50 bits per heavy atom. The highest BCUT2D eigenvalue weighted by Crippen LogP contribution is 2.17. The van der Waals surface area contributed by atoms with Crippen molar-refractivity contribution < 1.29 is 9.90 Å². The van der Waals surface area contributed by atoms with Crippen LogP contribution in [-0.2, 0) is 5.75 Å². The molecule has 1 amide bonds. The Hall–Kier alpha value is -1.04. The van der Waals surface area contributed by atoms with E-state index in [9.17, 15) is 4.79 Å². The Morgan fingerprint density at radius 3 is 2.62 bits per heavy atom. The van der Waals surface area contributed by atoms with Gasteiger partial charge in [-0.1, -0.05) is 19.1 Å². The van der Waals surface area contributed by atoms with Crippen molar-refractivity contribution in [1.82, 2.24) is 5.43 Å². The Labute approximate surface area is 99.2 Å². The number of hydrogen-bond donors (Lipinski definition) is 3. The molecule has 88 valence electrons. The molecule has 0 saturated carbocycles. The van der Waals surface area contributed by atoms with Gasteiger partial charge in [0.2, 0.25) is 0 Å². The van der Waals surface area contributed by atoms with E-state index in [-0.39, 0.29) is 17.8 Å². The molecule has 1 atom stereocenters. The van der Waals surface area contributed by atoms with Crippen LogP contribution in [0.2, 0.25) is 0 Å². The second-order valence-electron chi connectivity index (χ2n) is 3.47. The number of hydrazine groups is 1. The van der Waals surface area contributed by atoms with Crippen LogP contribution < -0.4 is 11.3 Å². The molecular weight excluding hydrogens is 224 g/mol. The van der Waals surface area contributed by atoms with E-state index in [0.717, 1.165) is 11.3 Å². The van der Waals surface area contributed by atoms with Crippen molar-refractivity contribution in [2.24, 2.45) is 5.84 Å². The molecule has 1 aromatic carbocycles. The minimum atomic E-state index is -0.289. The molecule has 0 bridgehead atoms. The number of aliphatic hydroxyl groups excluding tert-OH is 1. The maximum atomic E-state index is 11.2. The van der Waals surface area contributed by atoms with Gasteiger partial charge >= 0.3 is 0 Å². The molecule has 4 nitrogen and oxygen atoms in total. The van der Waals surface area contributed by atoms with Gasteiger partial charge in [-0.25, -0.2) is 5.84 Å². The summed E-state index contributed by atoms with van der Waals surface area (Å²) in [6.45, 7) is 2.15. The highest BCUT2D eigenvalue weighted by molar-refractivity contribution is 7.99. The molecule has 16 heavy (non-hydrogen) atoms. The summed E-state index contributed by atoms with van der Waals surface area (Å²) < 4.78 is 0. The molecule has 1 rings (SSSR count). The van der Waals surface area contributed by atoms with Gasteiger partial charge in [0, 0.05) is 16.6 Å². The Balaban J connectivity index is 2.54. The van der Waals surface area contributed by atoms with Gasteiger partial charge in [-0.3, -0.25) is 10.2 Å². The van der Waals surface area contributed by atoms with Gasteiger partial charge in [-0.2, -0.15) is 11.8 Å². The van der Waals surface area contributed by atoms with Gasteiger partial charge < -0.3 is 5.11 Å². The maximum absolute atomic E-state index is 11.2. The zero-order chi connectivity index (χ0) is 12.0. The number of hydrogen-bond acceptors (Lipinski definition) is 4. The molecule has 0 saturated heterocycles. The lowest BCUT2D eigenvalue weighted by Crippen LogP contribution is -2.29. The first kappa shape index (κ1) is 13.0. The molecule has 0 aliphatic rings. The molecule has 1 aromatic rings. The molecule has 0 fully saturated rings. The number of carbonyl (C=O) groups is 1. The van der Waals surface area contributed by atoms with E-state index >= 15 is 0 Å². The zero-order valence-electron chi connectivity index (χ0n) is 9.14. The number of nitrogens with two attached hydrogens (primary N) is 1. The van der Waals surface area contributed by atoms with Crippen molar-refractivity contribution in [1.29, 1.82) is 0 Å². The number of benzene rings is 1. The topological polar surface area (TPSA) is 75.3 Å². The zero-order valence-corrected chi connectivity index (χ0v) is 9.96. The number of amides is 1. The van der Waals surface area contributed by atoms with Crippen molar-refractivity contribution in [2.45, 2.75) is 17.9 Å². The molecular formula is C11H16N2O2S. The van der Waals surface area contributed by atoms with Gasteiger partial charge in [0.25, 0.3) is 5.91 Å². The van der Waals surface area contributed by atoms with Crippen LogP contribution in [0.3, 0.4) is 0 Å². The summed E-state index contributed by atoms with van der Waals surface area (Å²) in [5.41, 5.74) is 3.75. The number of nitrogens with one attached hydrogen (secondary N) is 1. The summed E-state index contributed by atoms with van der Waals surface area (Å²) in [5.74, 6) is 5.56. The summed E-state index contributed by atoms with van der Waals surface area (Å²) >= 11 is 1.67. The van der Waals surface area contributed by atoms with Crippen molar-refractivity contribution >= 4 is 17.7 Å². The van der Waals surface area contributed by atoms with Crippen LogP contribution in [-0.4, -0.2) is 22.9 Å². The van der Waals surface area contributed by atoms with Gasteiger partial charge in [-0.15, -0.1) is 0 Å². The van der Waals surface area contributed by atoms with Crippen molar-refractivity contribution in [3.05, 3.63) is 35.4 Å². The summed E-state index contributed by atoms with van der Waals surface area (Å²) in [6, 6.07) is 7.26. The SMILES string of the molecule is CC(CO)SCc1ccc(C(=O)NN)cc1. The number of nitrogen functional groups attached to an aromatic ring is 1. The molecule has 0 aromatic heterocycles. The fraction of sp³-hybridized carbons (Fsp3) is 0.364. The standard InChI is InChI=1S/C11H16N2O2S/c1-8(6-14)16-7-9-2-4-10(5-3-9)11(15)13-12/h2-5,8,14H,6-7,12H2,1H3,(H,13,15). The van der Waals surface area contributed by atoms with Crippen LogP contribution in [0.25, 0.3) is 0 Å². The Morgan fingerprint density at radius 2 is 2.12 bits per heavy atom. The van der Waals surface area contributed by atoms with Crippen LogP contribution in [0.1, 0.15) is 22.8 Å². The van der Waals surface area contributed by atoms with E-state index in [4.69, 9.17) is 10.9 Å². The first-order valence-corrected chi connectivity index (χ1v) is 6.04. The normalized spacial score (nSPS) is 12.2. The number of carbonyl (C=O) groups excluding carboxylic acids is 1. The predicted octanol–water partition coefficient (Wildman–Crippen LogP) is 0.904. The van der Waals surface area contributed by atoms with E-state index in [0.29, 0.717) is 5.56 Å². The summed E-state index contributed by atoms with van der Waals surface area (Å²) in [4.78, 5) is 11.2. The van der Waals surface area contributed by atoms with Crippen LogP contribution >= 0.6 is 11.8 Å².